The summed E-state index contributed by atoms with van der Waals surface area (Å²) in [6.07, 6.45) is 0. The van der Waals surface area contributed by atoms with Crippen LogP contribution in [0.1, 0.15) is 43.6 Å². The van der Waals surface area contributed by atoms with Gasteiger partial charge < -0.3 is 19.2 Å². The van der Waals surface area contributed by atoms with Crippen molar-refractivity contribution in [2.45, 2.75) is 45.5 Å². The Labute approximate surface area is 154 Å². The summed E-state index contributed by atoms with van der Waals surface area (Å²) in [5.41, 5.74) is 0.866. The first kappa shape index (κ1) is 18.5. The minimum absolute atomic E-state index is 0.160. The second-order valence-electron chi connectivity index (χ2n) is 7.42. The summed E-state index contributed by atoms with van der Waals surface area (Å²) in [6.45, 7) is 8.23. The number of aromatic carboxylic acids is 1. The number of carboxylic acids is 1. The third kappa shape index (κ3) is 3.62. The van der Waals surface area contributed by atoms with Crippen molar-refractivity contribution in [2.24, 2.45) is 0 Å². The molecule has 2 aromatic rings. The standard InChI is InChI=1S/C20H23BO5/c1-19(2)20(3,4)26-21(25-19)16-11-10-15(18(22)23)12-17(16)24-13-14-8-6-5-7-9-14/h5-12H,13H2,1-4H3,(H,22,23). The molecular weight excluding hydrogens is 331 g/mol. The maximum atomic E-state index is 11.3. The molecule has 26 heavy (non-hydrogen) atoms. The minimum atomic E-state index is -1.00. The average Bonchev–Trinajstić information content (AvgIpc) is 2.81. The van der Waals surface area contributed by atoms with E-state index in [1.165, 1.54) is 12.1 Å². The molecule has 0 aliphatic carbocycles. The van der Waals surface area contributed by atoms with Gasteiger partial charge in [0, 0.05) is 5.46 Å². The van der Waals surface area contributed by atoms with Gasteiger partial charge in [0.25, 0.3) is 0 Å². The predicted octanol–water partition coefficient (Wildman–Crippen LogP) is 3.26. The van der Waals surface area contributed by atoms with Crippen LogP contribution in [0.3, 0.4) is 0 Å². The molecule has 1 N–H and O–H groups in total. The molecule has 0 bridgehead atoms. The lowest BCUT2D eigenvalue weighted by molar-refractivity contribution is 0.00578. The highest BCUT2D eigenvalue weighted by Crippen LogP contribution is 2.37. The SMILES string of the molecule is CC1(C)OB(c2ccc(C(=O)O)cc2OCc2ccccc2)OC1(C)C. The Morgan fingerprint density at radius 2 is 1.65 bits per heavy atom. The largest absolute Gasteiger partial charge is 0.498 e. The Balaban J connectivity index is 1.91. The number of hydrogen-bond acceptors (Lipinski definition) is 4. The third-order valence-electron chi connectivity index (χ3n) is 5.00. The van der Waals surface area contributed by atoms with Crippen molar-refractivity contribution >= 4 is 18.6 Å². The fraction of sp³-hybridized carbons (Fsp3) is 0.350. The molecule has 1 fully saturated rings. The van der Waals surface area contributed by atoms with Crippen molar-refractivity contribution in [1.29, 1.82) is 0 Å². The number of carbonyl (C=O) groups is 1. The molecule has 2 aromatic carbocycles. The van der Waals surface area contributed by atoms with E-state index in [2.05, 4.69) is 0 Å². The van der Waals surface area contributed by atoms with Gasteiger partial charge in [-0.2, -0.15) is 0 Å². The number of hydrogen-bond donors (Lipinski definition) is 1. The van der Waals surface area contributed by atoms with Crippen molar-refractivity contribution in [1.82, 2.24) is 0 Å². The lowest BCUT2D eigenvalue weighted by Gasteiger charge is -2.32. The molecule has 0 unspecified atom stereocenters. The highest BCUT2D eigenvalue weighted by molar-refractivity contribution is 6.63. The quantitative estimate of drug-likeness (QED) is 0.835. The molecule has 0 spiro atoms. The van der Waals surface area contributed by atoms with Gasteiger partial charge in [-0.25, -0.2) is 4.79 Å². The van der Waals surface area contributed by atoms with Crippen LogP contribution in [0.5, 0.6) is 5.75 Å². The molecule has 0 saturated carbocycles. The Kier molecular flexibility index (Phi) is 4.82. The van der Waals surface area contributed by atoms with E-state index in [0.29, 0.717) is 17.8 Å². The second-order valence-corrected chi connectivity index (χ2v) is 7.42. The first-order valence-corrected chi connectivity index (χ1v) is 8.59. The van der Waals surface area contributed by atoms with E-state index < -0.39 is 24.3 Å². The fourth-order valence-electron chi connectivity index (χ4n) is 2.69. The van der Waals surface area contributed by atoms with Gasteiger partial charge in [-0.05, 0) is 45.4 Å². The molecule has 6 heteroatoms. The lowest BCUT2D eigenvalue weighted by atomic mass is 9.78. The molecule has 0 amide bonds. The van der Waals surface area contributed by atoms with Crippen LogP contribution in [-0.4, -0.2) is 29.4 Å². The maximum absolute atomic E-state index is 11.3. The summed E-state index contributed by atoms with van der Waals surface area (Å²) in [6, 6.07) is 14.5. The summed E-state index contributed by atoms with van der Waals surface area (Å²) in [5, 5.41) is 9.30. The van der Waals surface area contributed by atoms with Gasteiger partial charge in [-0.15, -0.1) is 0 Å². The summed E-state index contributed by atoms with van der Waals surface area (Å²) in [7, 11) is -0.617. The molecule has 0 atom stereocenters. The van der Waals surface area contributed by atoms with Crippen LogP contribution in [0.25, 0.3) is 0 Å². The van der Waals surface area contributed by atoms with Gasteiger partial charge in [0.2, 0.25) is 0 Å². The smallest absolute Gasteiger partial charge is 0.489 e. The lowest BCUT2D eigenvalue weighted by Crippen LogP contribution is -2.41. The number of ether oxygens (including phenoxy) is 1. The van der Waals surface area contributed by atoms with Crippen LogP contribution in [0.4, 0.5) is 0 Å². The third-order valence-corrected chi connectivity index (χ3v) is 5.00. The fourth-order valence-corrected chi connectivity index (χ4v) is 2.69. The molecule has 1 aliphatic rings. The van der Waals surface area contributed by atoms with Gasteiger partial charge in [-0.1, -0.05) is 36.4 Å². The molecule has 1 saturated heterocycles. The average molecular weight is 354 g/mol. The van der Waals surface area contributed by atoms with Crippen molar-refractivity contribution in [2.75, 3.05) is 0 Å². The molecule has 1 heterocycles. The van der Waals surface area contributed by atoms with Crippen molar-refractivity contribution < 1.29 is 23.9 Å². The molecule has 1 aliphatic heterocycles. The Hall–Kier alpha value is -2.31. The highest BCUT2D eigenvalue weighted by atomic mass is 16.7. The summed E-state index contributed by atoms with van der Waals surface area (Å²) < 4.78 is 18.1. The summed E-state index contributed by atoms with van der Waals surface area (Å²) >= 11 is 0. The molecule has 0 aromatic heterocycles. The maximum Gasteiger partial charge on any atom is 0.498 e. The van der Waals surface area contributed by atoms with E-state index in [1.807, 2.05) is 58.0 Å². The zero-order valence-corrected chi connectivity index (χ0v) is 15.5. The second kappa shape index (κ2) is 6.78. The normalized spacial score (nSPS) is 17.9. The monoisotopic (exact) mass is 354 g/mol. The molecule has 3 rings (SSSR count). The minimum Gasteiger partial charge on any atom is -0.489 e. The van der Waals surface area contributed by atoms with Crippen molar-refractivity contribution in [3.05, 3.63) is 59.7 Å². The topological polar surface area (TPSA) is 65.0 Å². The number of carboxylic acid groups (broad SMARTS) is 1. The Morgan fingerprint density at radius 1 is 1.04 bits per heavy atom. The van der Waals surface area contributed by atoms with E-state index in [-0.39, 0.29) is 5.56 Å². The van der Waals surface area contributed by atoms with Crippen LogP contribution >= 0.6 is 0 Å². The molecule has 0 radical (unpaired) electrons. The van der Waals surface area contributed by atoms with Crippen LogP contribution in [0.2, 0.25) is 0 Å². The van der Waals surface area contributed by atoms with Gasteiger partial charge in [0.05, 0.1) is 16.8 Å². The van der Waals surface area contributed by atoms with Gasteiger partial charge in [0.1, 0.15) is 12.4 Å². The zero-order chi connectivity index (χ0) is 18.9. The Morgan fingerprint density at radius 3 is 2.23 bits per heavy atom. The van der Waals surface area contributed by atoms with Gasteiger partial charge >= 0.3 is 13.1 Å². The van der Waals surface area contributed by atoms with Crippen molar-refractivity contribution in [3.63, 3.8) is 0 Å². The first-order chi connectivity index (χ1) is 12.2. The molecule has 136 valence electrons. The predicted molar refractivity (Wildman–Crippen MR) is 99.9 cm³/mol. The zero-order valence-electron chi connectivity index (χ0n) is 15.5. The Bertz CT molecular complexity index is 785. The number of benzene rings is 2. The van der Waals surface area contributed by atoms with Crippen LogP contribution in [0, 0.1) is 0 Å². The van der Waals surface area contributed by atoms with Crippen molar-refractivity contribution in [3.8, 4) is 5.75 Å². The van der Waals surface area contributed by atoms with Crippen LogP contribution < -0.4 is 10.2 Å². The van der Waals surface area contributed by atoms with E-state index >= 15 is 0 Å². The summed E-state index contributed by atoms with van der Waals surface area (Å²) in [5.74, 6) is -0.553. The van der Waals surface area contributed by atoms with Gasteiger partial charge in [0.15, 0.2) is 0 Å². The van der Waals surface area contributed by atoms with E-state index in [1.54, 1.807) is 6.07 Å². The number of rotatable bonds is 5. The van der Waals surface area contributed by atoms with E-state index in [4.69, 9.17) is 14.0 Å². The molecular formula is C20H23BO5. The van der Waals surface area contributed by atoms with Crippen LogP contribution in [-0.2, 0) is 15.9 Å². The molecule has 5 nitrogen and oxygen atoms in total. The van der Waals surface area contributed by atoms with Crippen LogP contribution in [0.15, 0.2) is 48.5 Å². The van der Waals surface area contributed by atoms with E-state index in [0.717, 1.165) is 5.56 Å². The summed E-state index contributed by atoms with van der Waals surface area (Å²) in [4.78, 5) is 11.3. The van der Waals surface area contributed by atoms with Gasteiger partial charge in [-0.3, -0.25) is 0 Å². The van der Waals surface area contributed by atoms with E-state index in [9.17, 15) is 9.90 Å². The first-order valence-electron chi connectivity index (χ1n) is 8.59. The highest BCUT2D eigenvalue weighted by Gasteiger charge is 2.52.